The van der Waals surface area contributed by atoms with E-state index in [9.17, 15) is 18.4 Å². The number of methoxy groups -OCH3 is 1. The van der Waals surface area contributed by atoms with Gasteiger partial charge >= 0.3 is 5.92 Å². The molecule has 2 aromatic heterocycles. The maximum absolute atomic E-state index is 14.2. The number of carbonyl (C=O) groups excluding carboxylic acids is 1. The molecule has 4 heterocycles. The van der Waals surface area contributed by atoms with Crippen LogP contribution in [-0.2, 0) is 28.1 Å². The molecule has 3 aromatic rings. The number of hydrogen-bond acceptors (Lipinski definition) is 7. The molecule has 5 rings (SSSR count). The molecule has 0 bridgehead atoms. The largest absolute Gasteiger partial charge is 0.486 e. The Morgan fingerprint density at radius 3 is 2.62 bits per heavy atom. The summed E-state index contributed by atoms with van der Waals surface area (Å²) in [5.74, 6) is -2.43. The van der Waals surface area contributed by atoms with Crippen molar-refractivity contribution in [2.45, 2.75) is 44.3 Å². The molecular formula is C26H29F2N5O4. The lowest BCUT2D eigenvalue weighted by Gasteiger charge is -2.40. The van der Waals surface area contributed by atoms with Gasteiger partial charge in [-0.1, -0.05) is 12.1 Å². The summed E-state index contributed by atoms with van der Waals surface area (Å²) in [5, 5.41) is 3.90. The first kappa shape index (κ1) is 25.1. The molecular weight excluding hydrogens is 484 g/mol. The molecule has 37 heavy (non-hydrogen) atoms. The Labute approximate surface area is 212 Å². The van der Waals surface area contributed by atoms with Gasteiger partial charge in [0.2, 0.25) is 5.91 Å². The Kier molecular flexibility index (Phi) is 6.13. The number of aryl methyl sites for hydroxylation is 1. The average molecular weight is 514 g/mol. The van der Waals surface area contributed by atoms with Crippen LogP contribution in [0.25, 0.3) is 11.0 Å². The summed E-state index contributed by atoms with van der Waals surface area (Å²) in [5.41, 5.74) is 0.230. The summed E-state index contributed by atoms with van der Waals surface area (Å²) in [6, 6.07) is 6.02. The minimum absolute atomic E-state index is 0.0147. The smallest absolute Gasteiger partial charge is 0.310 e. The van der Waals surface area contributed by atoms with E-state index in [4.69, 9.17) is 9.47 Å². The number of benzene rings is 1. The molecule has 0 saturated carbocycles. The van der Waals surface area contributed by atoms with Crippen LogP contribution in [0.3, 0.4) is 0 Å². The molecule has 9 nitrogen and oxygen atoms in total. The van der Waals surface area contributed by atoms with Crippen molar-refractivity contribution in [2.24, 2.45) is 7.05 Å². The second-order valence-corrected chi connectivity index (χ2v) is 9.67. The molecule has 0 aliphatic carbocycles. The number of alkyl halides is 2. The highest BCUT2D eigenvalue weighted by Gasteiger charge is 2.43. The molecule has 0 spiro atoms. The summed E-state index contributed by atoms with van der Waals surface area (Å²) in [6.07, 6.45) is 2.30. The van der Waals surface area contributed by atoms with E-state index in [2.05, 4.69) is 15.3 Å². The van der Waals surface area contributed by atoms with Crippen LogP contribution >= 0.6 is 0 Å². The Balaban J connectivity index is 1.55. The number of hydrogen-bond donors (Lipinski definition) is 1. The van der Waals surface area contributed by atoms with Crippen molar-refractivity contribution in [1.82, 2.24) is 19.4 Å². The highest BCUT2D eigenvalue weighted by atomic mass is 19.3. The van der Waals surface area contributed by atoms with Gasteiger partial charge in [0.05, 0.1) is 22.6 Å². The fourth-order valence-corrected chi connectivity index (χ4v) is 5.35. The maximum atomic E-state index is 14.2. The molecule has 1 N–H and O–H groups in total. The third-order valence-corrected chi connectivity index (χ3v) is 7.56. The van der Waals surface area contributed by atoms with E-state index < -0.39 is 24.2 Å². The Hall–Kier alpha value is -3.60. The summed E-state index contributed by atoms with van der Waals surface area (Å²) < 4.78 is 41.2. The van der Waals surface area contributed by atoms with Gasteiger partial charge in [-0.05, 0) is 31.9 Å². The summed E-state index contributed by atoms with van der Waals surface area (Å²) in [7, 11) is 3.21. The first-order valence-electron chi connectivity index (χ1n) is 12.1. The highest BCUT2D eigenvalue weighted by Crippen LogP contribution is 2.45. The number of ether oxygens (including phenoxy) is 2. The van der Waals surface area contributed by atoms with Crippen LogP contribution in [0.5, 0.6) is 5.75 Å². The van der Waals surface area contributed by atoms with Gasteiger partial charge in [-0.15, -0.1) is 0 Å². The minimum atomic E-state index is -3.04. The number of halogens is 2. The zero-order valence-corrected chi connectivity index (χ0v) is 21.2. The minimum Gasteiger partial charge on any atom is -0.486 e. The second-order valence-electron chi connectivity index (χ2n) is 9.67. The Bertz CT molecular complexity index is 1430. The van der Waals surface area contributed by atoms with Gasteiger partial charge in [-0.2, -0.15) is 8.78 Å². The molecule has 1 atom stereocenters. The van der Waals surface area contributed by atoms with E-state index in [1.165, 1.54) is 23.9 Å². The lowest BCUT2D eigenvalue weighted by molar-refractivity contribution is -0.135. The maximum Gasteiger partial charge on any atom is 0.310 e. The van der Waals surface area contributed by atoms with Gasteiger partial charge in [0, 0.05) is 39.7 Å². The van der Waals surface area contributed by atoms with Crippen molar-refractivity contribution in [3.8, 4) is 5.75 Å². The number of nitrogens with one attached hydrogen (secondary N) is 1. The molecule has 2 aliphatic rings. The number of carbonyl (C=O) groups is 1. The Morgan fingerprint density at radius 1 is 1.22 bits per heavy atom. The van der Waals surface area contributed by atoms with Crippen LogP contribution in [-0.4, -0.2) is 52.1 Å². The van der Waals surface area contributed by atoms with Crippen LogP contribution in [0.4, 0.5) is 14.6 Å². The van der Waals surface area contributed by atoms with Crippen molar-refractivity contribution in [1.29, 1.82) is 0 Å². The van der Waals surface area contributed by atoms with Gasteiger partial charge in [0.15, 0.2) is 6.61 Å². The predicted molar refractivity (Wildman–Crippen MR) is 133 cm³/mol. The van der Waals surface area contributed by atoms with E-state index >= 15 is 0 Å². The Morgan fingerprint density at radius 2 is 1.95 bits per heavy atom. The first-order chi connectivity index (χ1) is 17.6. The van der Waals surface area contributed by atoms with Crippen molar-refractivity contribution in [2.75, 3.05) is 32.1 Å². The van der Waals surface area contributed by atoms with Crippen LogP contribution < -0.4 is 15.6 Å². The zero-order chi connectivity index (χ0) is 26.5. The topological polar surface area (TPSA) is 98.6 Å². The van der Waals surface area contributed by atoms with Crippen LogP contribution in [0.15, 0.2) is 35.4 Å². The van der Waals surface area contributed by atoms with Crippen LogP contribution in [0, 0.1) is 0 Å². The van der Waals surface area contributed by atoms with E-state index in [1.807, 2.05) is 6.92 Å². The zero-order valence-electron chi connectivity index (χ0n) is 21.2. The van der Waals surface area contributed by atoms with E-state index in [-0.39, 0.29) is 22.8 Å². The molecule has 1 saturated heterocycles. The number of rotatable bonds is 5. The summed E-state index contributed by atoms with van der Waals surface area (Å²) >= 11 is 0. The number of piperidine rings is 1. The fourth-order valence-electron chi connectivity index (χ4n) is 5.35. The number of amides is 1. The van der Waals surface area contributed by atoms with Crippen molar-refractivity contribution in [3.05, 3.63) is 57.6 Å². The van der Waals surface area contributed by atoms with Crippen LogP contribution in [0.1, 0.15) is 49.4 Å². The quantitative estimate of drug-likeness (QED) is 0.558. The second kappa shape index (κ2) is 9.05. The number of para-hydroxylation sites is 1. The number of likely N-dealkylation sites (tertiary alicyclic amines) is 1. The number of nitrogens with zero attached hydrogens (tertiary/aromatic N) is 4. The molecule has 2 aliphatic heterocycles. The molecule has 11 heteroatoms. The third kappa shape index (κ3) is 4.11. The average Bonchev–Trinajstić information content (AvgIpc) is 3.20. The van der Waals surface area contributed by atoms with Crippen molar-refractivity contribution < 1.29 is 23.0 Å². The molecule has 1 amide bonds. The van der Waals surface area contributed by atoms with Gasteiger partial charge in [-0.25, -0.2) is 9.97 Å². The molecule has 1 aromatic carbocycles. The fraction of sp³-hybridized carbons (Fsp3) is 0.462. The molecule has 196 valence electrons. The summed E-state index contributed by atoms with van der Waals surface area (Å²) in [4.78, 5) is 35.8. The number of fused-ring (bicyclic) bond motifs is 2. The molecule has 1 fully saturated rings. The number of aromatic nitrogens is 3. The lowest BCUT2D eigenvalue weighted by atomic mass is 9.84. The van der Waals surface area contributed by atoms with Gasteiger partial charge in [0.25, 0.3) is 5.56 Å². The number of pyridine rings is 1. The number of anilines is 1. The monoisotopic (exact) mass is 513 g/mol. The first-order valence-corrected chi connectivity index (χ1v) is 12.1. The van der Waals surface area contributed by atoms with E-state index in [1.54, 1.807) is 37.3 Å². The van der Waals surface area contributed by atoms with Crippen molar-refractivity contribution in [3.63, 3.8) is 0 Å². The van der Waals surface area contributed by atoms with Gasteiger partial charge < -0.3 is 19.7 Å². The molecule has 0 unspecified atom stereocenters. The standard InChI is InChI=1S/C26H29F2N5O4/c1-15(17-6-5-7-19-21(17)37-13-26(19,27)28)31-22-18-12-20(24(35)32(3)23(18)30-14-29-22)25(36-4)8-10-33(11-9-25)16(2)34/h5-7,12,14-15H,8-11,13H2,1-4H3,(H,29,30,31)/t15-/m1/s1. The van der Waals surface area contributed by atoms with Gasteiger partial charge in [-0.3, -0.25) is 14.2 Å². The predicted octanol–water partition coefficient (Wildman–Crippen LogP) is 3.47. The van der Waals surface area contributed by atoms with Crippen molar-refractivity contribution >= 4 is 22.8 Å². The SMILES string of the molecule is COC1(c2cc3c(N[C@H](C)c4cccc5c4OCC5(F)F)ncnc3n(C)c2=O)CCN(C(C)=O)CC1. The lowest BCUT2D eigenvalue weighted by Crippen LogP contribution is -2.48. The van der Waals surface area contributed by atoms with E-state index in [0.717, 1.165) is 0 Å². The highest BCUT2D eigenvalue weighted by molar-refractivity contribution is 5.87. The third-order valence-electron chi connectivity index (χ3n) is 7.56. The van der Waals surface area contributed by atoms with E-state index in [0.29, 0.717) is 53.9 Å². The molecule has 0 radical (unpaired) electrons. The normalized spacial score (nSPS) is 18.8. The van der Waals surface area contributed by atoms with Crippen LogP contribution in [0.2, 0.25) is 0 Å². The summed E-state index contributed by atoms with van der Waals surface area (Å²) in [6.45, 7) is 3.62. The van der Waals surface area contributed by atoms with Gasteiger partial charge in [0.1, 0.15) is 29.1 Å².